The number of hydrogen-bond acceptors (Lipinski definition) is 4. The highest BCUT2D eigenvalue weighted by molar-refractivity contribution is 5.28. The molecule has 1 unspecified atom stereocenters. The molecule has 112 valence electrons. The molecule has 0 aliphatic rings. The van der Waals surface area contributed by atoms with Gasteiger partial charge >= 0.3 is 0 Å². The number of aromatic nitrogens is 1. The molecule has 3 N–H and O–H groups in total. The molecule has 0 amide bonds. The van der Waals surface area contributed by atoms with Crippen molar-refractivity contribution in [2.45, 2.75) is 32.4 Å². The quantitative estimate of drug-likeness (QED) is 0.634. The maximum atomic E-state index is 13.7. The SMILES string of the molecule is CC(C)Oc1cncc(C(Cc2ccccc2F)NN)c1. The second-order valence-corrected chi connectivity index (χ2v) is 5.14. The summed E-state index contributed by atoms with van der Waals surface area (Å²) in [4.78, 5) is 4.16. The zero-order chi connectivity index (χ0) is 15.2. The summed E-state index contributed by atoms with van der Waals surface area (Å²) in [5.41, 5.74) is 4.18. The van der Waals surface area contributed by atoms with Gasteiger partial charge in [0, 0.05) is 6.20 Å². The molecular formula is C16H20FN3O. The van der Waals surface area contributed by atoms with Crippen LogP contribution in [0.3, 0.4) is 0 Å². The first-order valence-electron chi connectivity index (χ1n) is 6.91. The van der Waals surface area contributed by atoms with Gasteiger partial charge < -0.3 is 4.74 Å². The van der Waals surface area contributed by atoms with Gasteiger partial charge in [0.15, 0.2) is 0 Å². The zero-order valence-electron chi connectivity index (χ0n) is 12.2. The molecule has 0 fully saturated rings. The number of pyridine rings is 1. The van der Waals surface area contributed by atoms with Gasteiger partial charge in [-0.2, -0.15) is 0 Å². The van der Waals surface area contributed by atoms with E-state index >= 15 is 0 Å². The average molecular weight is 289 g/mol. The van der Waals surface area contributed by atoms with Gasteiger partial charge in [0.25, 0.3) is 0 Å². The van der Waals surface area contributed by atoms with E-state index in [1.54, 1.807) is 24.5 Å². The molecule has 0 aliphatic heterocycles. The molecule has 2 aromatic rings. The smallest absolute Gasteiger partial charge is 0.138 e. The van der Waals surface area contributed by atoms with Crippen LogP contribution in [0.25, 0.3) is 0 Å². The van der Waals surface area contributed by atoms with E-state index in [1.807, 2.05) is 26.0 Å². The molecule has 0 aliphatic carbocycles. The van der Waals surface area contributed by atoms with Crippen molar-refractivity contribution in [2.75, 3.05) is 0 Å². The molecule has 0 saturated heterocycles. The first kappa shape index (κ1) is 15.4. The molecule has 1 heterocycles. The highest BCUT2D eigenvalue weighted by atomic mass is 19.1. The summed E-state index contributed by atoms with van der Waals surface area (Å²) in [5.74, 6) is 6.05. The normalized spacial score (nSPS) is 12.4. The Morgan fingerprint density at radius 3 is 2.71 bits per heavy atom. The summed E-state index contributed by atoms with van der Waals surface area (Å²) in [6, 6.07) is 8.31. The van der Waals surface area contributed by atoms with E-state index in [4.69, 9.17) is 10.6 Å². The minimum Gasteiger partial charge on any atom is -0.489 e. The van der Waals surface area contributed by atoms with Crippen LogP contribution in [0.5, 0.6) is 5.75 Å². The molecule has 0 bridgehead atoms. The van der Waals surface area contributed by atoms with Crippen LogP contribution < -0.4 is 16.0 Å². The standard InChI is InChI=1S/C16H20FN3O/c1-11(2)21-14-7-13(9-19-10-14)16(20-18)8-12-5-3-4-6-15(12)17/h3-7,9-11,16,20H,8,18H2,1-2H3. The van der Waals surface area contributed by atoms with Gasteiger partial charge in [0.2, 0.25) is 0 Å². The average Bonchev–Trinajstić information content (AvgIpc) is 2.46. The fourth-order valence-corrected chi connectivity index (χ4v) is 2.12. The lowest BCUT2D eigenvalue weighted by Gasteiger charge is -2.18. The van der Waals surface area contributed by atoms with Crippen molar-refractivity contribution in [1.82, 2.24) is 10.4 Å². The number of halogens is 1. The van der Waals surface area contributed by atoms with Gasteiger partial charge in [-0.3, -0.25) is 16.3 Å². The van der Waals surface area contributed by atoms with Crippen molar-refractivity contribution < 1.29 is 9.13 Å². The van der Waals surface area contributed by atoms with Gasteiger partial charge in [-0.05, 0) is 43.5 Å². The minimum absolute atomic E-state index is 0.0675. The molecule has 1 aromatic carbocycles. The molecular weight excluding hydrogens is 269 g/mol. The third kappa shape index (κ3) is 4.24. The lowest BCUT2D eigenvalue weighted by molar-refractivity contribution is 0.241. The van der Waals surface area contributed by atoms with Crippen molar-refractivity contribution in [1.29, 1.82) is 0 Å². The van der Waals surface area contributed by atoms with Gasteiger partial charge in [-0.15, -0.1) is 0 Å². The highest BCUT2D eigenvalue weighted by Gasteiger charge is 2.14. The number of hydrazine groups is 1. The lowest BCUT2D eigenvalue weighted by Crippen LogP contribution is -2.30. The van der Waals surface area contributed by atoms with E-state index in [2.05, 4.69) is 10.4 Å². The molecule has 1 aromatic heterocycles. The van der Waals surface area contributed by atoms with E-state index in [1.165, 1.54) is 6.07 Å². The number of nitrogens with one attached hydrogen (secondary N) is 1. The number of rotatable bonds is 6. The van der Waals surface area contributed by atoms with E-state index < -0.39 is 0 Å². The Morgan fingerprint density at radius 1 is 1.29 bits per heavy atom. The van der Waals surface area contributed by atoms with Gasteiger partial charge in [-0.25, -0.2) is 4.39 Å². The van der Waals surface area contributed by atoms with Crippen molar-refractivity contribution in [3.63, 3.8) is 0 Å². The Morgan fingerprint density at radius 2 is 2.05 bits per heavy atom. The minimum atomic E-state index is -0.236. The molecule has 4 nitrogen and oxygen atoms in total. The second-order valence-electron chi connectivity index (χ2n) is 5.14. The fraction of sp³-hybridized carbons (Fsp3) is 0.312. The summed E-state index contributed by atoms with van der Waals surface area (Å²) >= 11 is 0. The first-order valence-corrected chi connectivity index (χ1v) is 6.91. The Labute approximate surface area is 124 Å². The van der Waals surface area contributed by atoms with Crippen molar-refractivity contribution >= 4 is 0 Å². The van der Waals surface area contributed by atoms with Crippen LogP contribution in [0.15, 0.2) is 42.7 Å². The van der Waals surface area contributed by atoms with E-state index in [-0.39, 0.29) is 18.0 Å². The first-order chi connectivity index (χ1) is 10.1. The van der Waals surface area contributed by atoms with Crippen LogP contribution in [0, 0.1) is 5.82 Å². The number of hydrogen-bond donors (Lipinski definition) is 2. The Balaban J connectivity index is 2.19. The van der Waals surface area contributed by atoms with Crippen LogP contribution in [-0.2, 0) is 6.42 Å². The third-order valence-corrected chi connectivity index (χ3v) is 3.09. The molecule has 2 rings (SSSR count). The Bertz CT molecular complexity index is 589. The summed E-state index contributed by atoms with van der Waals surface area (Å²) in [5, 5.41) is 0. The predicted octanol–water partition coefficient (Wildman–Crippen LogP) is 2.75. The summed E-state index contributed by atoms with van der Waals surface area (Å²) < 4.78 is 19.4. The largest absolute Gasteiger partial charge is 0.489 e. The fourth-order valence-electron chi connectivity index (χ4n) is 2.12. The van der Waals surface area contributed by atoms with Crippen molar-refractivity contribution in [2.24, 2.45) is 5.84 Å². The van der Waals surface area contributed by atoms with Gasteiger partial charge in [0.05, 0.1) is 18.3 Å². The molecule has 0 saturated carbocycles. The summed E-state index contributed by atoms with van der Waals surface area (Å²) in [6.07, 6.45) is 3.87. The zero-order valence-corrected chi connectivity index (χ0v) is 12.2. The second kappa shape index (κ2) is 7.15. The van der Waals surface area contributed by atoms with Gasteiger partial charge in [-0.1, -0.05) is 18.2 Å². The summed E-state index contributed by atoms with van der Waals surface area (Å²) in [6.45, 7) is 3.90. The van der Waals surface area contributed by atoms with E-state index in [0.29, 0.717) is 17.7 Å². The van der Waals surface area contributed by atoms with Crippen LogP contribution in [0.4, 0.5) is 4.39 Å². The summed E-state index contributed by atoms with van der Waals surface area (Å²) in [7, 11) is 0. The number of benzene rings is 1. The lowest BCUT2D eigenvalue weighted by atomic mass is 10.0. The topological polar surface area (TPSA) is 60.2 Å². The number of nitrogens with two attached hydrogens (primary N) is 1. The molecule has 0 spiro atoms. The monoisotopic (exact) mass is 289 g/mol. The van der Waals surface area contributed by atoms with Gasteiger partial charge in [0.1, 0.15) is 11.6 Å². The Hall–Kier alpha value is -1.98. The maximum absolute atomic E-state index is 13.7. The van der Waals surface area contributed by atoms with Crippen molar-refractivity contribution in [3.8, 4) is 5.75 Å². The predicted molar refractivity (Wildman–Crippen MR) is 80.2 cm³/mol. The Kier molecular flexibility index (Phi) is 5.25. The molecule has 21 heavy (non-hydrogen) atoms. The van der Waals surface area contributed by atoms with E-state index in [9.17, 15) is 4.39 Å². The molecule has 1 atom stereocenters. The molecule has 0 radical (unpaired) electrons. The third-order valence-electron chi connectivity index (χ3n) is 3.09. The number of ether oxygens (including phenoxy) is 1. The maximum Gasteiger partial charge on any atom is 0.138 e. The van der Waals surface area contributed by atoms with Crippen LogP contribution in [0.1, 0.15) is 31.0 Å². The number of nitrogens with zero attached hydrogens (tertiary/aromatic N) is 1. The van der Waals surface area contributed by atoms with Crippen LogP contribution in [-0.4, -0.2) is 11.1 Å². The van der Waals surface area contributed by atoms with Crippen LogP contribution >= 0.6 is 0 Å². The van der Waals surface area contributed by atoms with Crippen molar-refractivity contribution in [3.05, 3.63) is 59.7 Å². The molecule has 5 heteroatoms. The van der Waals surface area contributed by atoms with E-state index in [0.717, 1.165) is 5.56 Å². The van der Waals surface area contributed by atoms with Crippen LogP contribution in [0.2, 0.25) is 0 Å². The highest BCUT2D eigenvalue weighted by Crippen LogP contribution is 2.22.